The van der Waals surface area contributed by atoms with Gasteiger partial charge in [-0.05, 0) is 48.5 Å². The Bertz CT molecular complexity index is 1500. The van der Waals surface area contributed by atoms with E-state index >= 15 is 0 Å². The SMILES string of the molecule is C[Si](C)(C)CCOCn1c(-c2ccccn2)nc2cc(Oc3ccc(S(C)(=O)=O)cc3)c(C(O)CO)cc21. The Morgan fingerprint density at radius 2 is 1.82 bits per heavy atom. The summed E-state index contributed by atoms with van der Waals surface area (Å²) in [6, 6.07) is 16.0. The Labute approximate surface area is 223 Å². The van der Waals surface area contributed by atoms with Gasteiger partial charge in [0.05, 0.1) is 22.5 Å². The number of pyridine rings is 1. The van der Waals surface area contributed by atoms with Crippen molar-refractivity contribution in [3.05, 3.63) is 66.4 Å². The normalized spacial score (nSPS) is 13.1. The maximum atomic E-state index is 11.8. The van der Waals surface area contributed by atoms with Crippen LogP contribution in [0.25, 0.3) is 22.6 Å². The number of fused-ring (bicyclic) bond motifs is 1. The molecule has 2 aromatic heterocycles. The summed E-state index contributed by atoms with van der Waals surface area (Å²) in [5, 5.41) is 20.4. The summed E-state index contributed by atoms with van der Waals surface area (Å²) in [6.45, 7) is 7.23. The number of benzene rings is 2. The Balaban J connectivity index is 1.77. The van der Waals surface area contributed by atoms with E-state index in [0.717, 1.165) is 12.3 Å². The van der Waals surface area contributed by atoms with E-state index in [0.29, 0.717) is 46.2 Å². The first-order valence-corrected chi connectivity index (χ1v) is 17.9. The van der Waals surface area contributed by atoms with Crippen LogP contribution < -0.4 is 4.74 Å². The molecular weight excluding hydrogens is 522 g/mol. The second-order valence-electron chi connectivity index (χ2n) is 10.3. The summed E-state index contributed by atoms with van der Waals surface area (Å²) < 4.78 is 37.6. The topological polar surface area (TPSA) is 124 Å². The van der Waals surface area contributed by atoms with Crippen molar-refractivity contribution in [2.24, 2.45) is 0 Å². The van der Waals surface area contributed by atoms with Gasteiger partial charge in [0.25, 0.3) is 0 Å². The van der Waals surface area contributed by atoms with E-state index in [1.54, 1.807) is 30.5 Å². The monoisotopic (exact) mass is 555 g/mol. The van der Waals surface area contributed by atoms with Crippen LogP contribution in [0.1, 0.15) is 11.7 Å². The van der Waals surface area contributed by atoms with Crippen LogP contribution in [0, 0.1) is 0 Å². The molecule has 2 aromatic carbocycles. The summed E-state index contributed by atoms with van der Waals surface area (Å²) in [4.78, 5) is 9.44. The lowest BCUT2D eigenvalue weighted by Crippen LogP contribution is -2.22. The van der Waals surface area contributed by atoms with E-state index in [9.17, 15) is 18.6 Å². The summed E-state index contributed by atoms with van der Waals surface area (Å²) in [5.41, 5.74) is 2.32. The van der Waals surface area contributed by atoms with Gasteiger partial charge in [0, 0.05) is 38.8 Å². The van der Waals surface area contributed by atoms with Crippen molar-refractivity contribution in [3.8, 4) is 23.0 Å². The largest absolute Gasteiger partial charge is 0.457 e. The number of nitrogens with zero attached hydrogens (tertiary/aromatic N) is 3. The van der Waals surface area contributed by atoms with Gasteiger partial charge in [0.15, 0.2) is 15.7 Å². The highest BCUT2D eigenvalue weighted by molar-refractivity contribution is 7.90. The molecule has 2 heterocycles. The van der Waals surface area contributed by atoms with Crippen molar-refractivity contribution in [2.75, 3.05) is 19.5 Å². The number of aromatic nitrogens is 3. The molecule has 1 unspecified atom stereocenters. The van der Waals surface area contributed by atoms with Crippen molar-refractivity contribution in [3.63, 3.8) is 0 Å². The van der Waals surface area contributed by atoms with Crippen LogP contribution in [0.15, 0.2) is 65.7 Å². The van der Waals surface area contributed by atoms with Crippen LogP contribution >= 0.6 is 0 Å². The maximum Gasteiger partial charge on any atom is 0.175 e. The molecule has 0 aliphatic heterocycles. The summed E-state index contributed by atoms with van der Waals surface area (Å²) >= 11 is 0. The lowest BCUT2D eigenvalue weighted by molar-refractivity contribution is 0.0901. The fourth-order valence-corrected chi connectivity index (χ4v) is 5.24. The number of rotatable bonds is 11. The second-order valence-corrected chi connectivity index (χ2v) is 18.0. The third-order valence-corrected chi connectivity index (χ3v) is 8.83. The Hall–Kier alpha value is -3.09. The van der Waals surface area contributed by atoms with Crippen LogP contribution in [-0.4, -0.2) is 60.7 Å². The summed E-state index contributed by atoms with van der Waals surface area (Å²) in [7, 11) is -4.62. The van der Waals surface area contributed by atoms with Crippen molar-refractivity contribution >= 4 is 28.9 Å². The molecule has 11 heteroatoms. The third kappa shape index (κ3) is 6.66. The fraction of sp³-hybridized carbons (Fsp3) is 0.333. The van der Waals surface area contributed by atoms with Crippen molar-refractivity contribution in [2.45, 2.75) is 43.4 Å². The Morgan fingerprint density at radius 3 is 2.42 bits per heavy atom. The molecule has 202 valence electrons. The van der Waals surface area contributed by atoms with Gasteiger partial charge in [-0.2, -0.15) is 0 Å². The van der Waals surface area contributed by atoms with Gasteiger partial charge < -0.3 is 19.7 Å². The van der Waals surface area contributed by atoms with Crippen molar-refractivity contribution in [1.29, 1.82) is 0 Å². The molecule has 0 saturated carbocycles. The van der Waals surface area contributed by atoms with E-state index in [1.165, 1.54) is 12.1 Å². The number of aliphatic hydroxyl groups excluding tert-OH is 2. The quantitative estimate of drug-likeness (QED) is 0.203. The highest BCUT2D eigenvalue weighted by Crippen LogP contribution is 2.36. The molecule has 0 saturated heterocycles. The highest BCUT2D eigenvalue weighted by atomic mass is 32.2. The molecule has 4 aromatic rings. The first-order chi connectivity index (χ1) is 18.0. The number of aliphatic hydroxyl groups is 2. The molecule has 4 rings (SSSR count). The molecule has 0 amide bonds. The molecular formula is C27H33N3O6SSi. The zero-order valence-electron chi connectivity index (χ0n) is 22.0. The average molecular weight is 556 g/mol. The third-order valence-electron chi connectivity index (χ3n) is 6.00. The minimum Gasteiger partial charge on any atom is -0.457 e. The number of ether oxygens (including phenoxy) is 2. The Morgan fingerprint density at radius 1 is 1.08 bits per heavy atom. The lowest BCUT2D eigenvalue weighted by Gasteiger charge is -2.17. The molecule has 0 radical (unpaired) electrons. The predicted octanol–water partition coefficient (Wildman–Crippen LogP) is 4.63. The summed E-state index contributed by atoms with van der Waals surface area (Å²) in [5.74, 6) is 1.28. The van der Waals surface area contributed by atoms with Gasteiger partial charge in [0.2, 0.25) is 0 Å². The fourth-order valence-electron chi connectivity index (χ4n) is 3.85. The van der Waals surface area contributed by atoms with E-state index in [-0.39, 0.29) is 11.6 Å². The van der Waals surface area contributed by atoms with Gasteiger partial charge in [-0.1, -0.05) is 25.7 Å². The molecule has 9 nitrogen and oxygen atoms in total. The minimum absolute atomic E-state index is 0.170. The molecule has 2 N–H and O–H groups in total. The highest BCUT2D eigenvalue weighted by Gasteiger charge is 2.21. The van der Waals surface area contributed by atoms with Crippen LogP contribution in [0.3, 0.4) is 0 Å². The van der Waals surface area contributed by atoms with E-state index in [2.05, 4.69) is 24.6 Å². The molecule has 0 fully saturated rings. The van der Waals surface area contributed by atoms with Crippen LogP contribution in [-0.2, 0) is 21.3 Å². The lowest BCUT2D eigenvalue weighted by atomic mass is 10.1. The van der Waals surface area contributed by atoms with E-state index < -0.39 is 30.6 Å². The van der Waals surface area contributed by atoms with E-state index in [4.69, 9.17) is 14.5 Å². The van der Waals surface area contributed by atoms with Gasteiger partial charge in [0.1, 0.15) is 30.0 Å². The first kappa shape index (κ1) is 27.9. The Kier molecular flexibility index (Phi) is 8.33. The van der Waals surface area contributed by atoms with Gasteiger partial charge in [-0.15, -0.1) is 0 Å². The zero-order chi connectivity index (χ0) is 27.5. The molecule has 0 bridgehead atoms. The van der Waals surface area contributed by atoms with Gasteiger partial charge in [-0.3, -0.25) is 9.55 Å². The van der Waals surface area contributed by atoms with Crippen molar-refractivity contribution < 1.29 is 28.1 Å². The molecule has 38 heavy (non-hydrogen) atoms. The minimum atomic E-state index is -3.35. The predicted molar refractivity (Wildman–Crippen MR) is 149 cm³/mol. The van der Waals surface area contributed by atoms with Gasteiger partial charge >= 0.3 is 0 Å². The zero-order valence-corrected chi connectivity index (χ0v) is 23.8. The molecule has 1 atom stereocenters. The van der Waals surface area contributed by atoms with Gasteiger partial charge in [-0.25, -0.2) is 13.4 Å². The standard InChI is InChI=1S/C27H33N3O6SSi/c1-37(33,34)20-10-8-19(9-11-20)36-26-16-23-24(15-21(26)25(32)17-31)30(18-35-13-14-38(2,3)4)27(29-23)22-7-5-6-12-28-22/h5-12,15-16,25,31-32H,13-14,17-18H2,1-4H3. The van der Waals surface area contributed by atoms with E-state index in [1.807, 2.05) is 22.8 Å². The molecule has 0 aliphatic rings. The smallest absolute Gasteiger partial charge is 0.175 e. The van der Waals surface area contributed by atoms with Crippen LogP contribution in [0.2, 0.25) is 25.7 Å². The van der Waals surface area contributed by atoms with Crippen LogP contribution in [0.5, 0.6) is 11.5 Å². The summed E-state index contributed by atoms with van der Waals surface area (Å²) in [6.07, 6.45) is 1.62. The van der Waals surface area contributed by atoms with Crippen molar-refractivity contribution in [1.82, 2.24) is 14.5 Å². The number of hydrogen-bond donors (Lipinski definition) is 2. The number of imidazole rings is 1. The number of sulfone groups is 1. The first-order valence-electron chi connectivity index (χ1n) is 12.3. The average Bonchev–Trinajstić information content (AvgIpc) is 3.22. The second kappa shape index (κ2) is 11.3. The van der Waals surface area contributed by atoms with Crippen LogP contribution in [0.4, 0.5) is 0 Å². The number of hydrogen-bond acceptors (Lipinski definition) is 8. The molecule has 0 spiro atoms. The maximum absolute atomic E-state index is 11.8. The molecule has 0 aliphatic carbocycles.